The number of phenols is 1. The van der Waals surface area contributed by atoms with Gasteiger partial charge in [-0.15, -0.1) is 12.4 Å². The van der Waals surface area contributed by atoms with Gasteiger partial charge in [-0.1, -0.05) is 6.42 Å². The molecule has 128 valence electrons. The first-order valence-electron chi connectivity index (χ1n) is 7.85. The Morgan fingerprint density at radius 3 is 2.43 bits per heavy atom. The summed E-state index contributed by atoms with van der Waals surface area (Å²) in [5.41, 5.74) is 6.19. The summed E-state index contributed by atoms with van der Waals surface area (Å²) >= 11 is 0. The van der Waals surface area contributed by atoms with Crippen LogP contribution >= 0.6 is 12.4 Å². The van der Waals surface area contributed by atoms with E-state index in [0.29, 0.717) is 17.4 Å². The Labute approximate surface area is 143 Å². The lowest BCUT2D eigenvalue weighted by atomic mass is 9.62. The van der Waals surface area contributed by atoms with Crippen molar-refractivity contribution in [3.05, 3.63) is 29.3 Å². The molecule has 1 saturated heterocycles. The maximum absolute atomic E-state index is 11.5. The lowest BCUT2D eigenvalue weighted by Crippen LogP contribution is -2.58. The van der Waals surface area contributed by atoms with Crippen molar-refractivity contribution in [3.8, 4) is 5.75 Å². The lowest BCUT2D eigenvalue weighted by molar-refractivity contribution is -0.165. The van der Waals surface area contributed by atoms with Crippen LogP contribution < -0.4 is 5.73 Å². The molecule has 2 bridgehead atoms. The number of rotatable bonds is 3. The van der Waals surface area contributed by atoms with E-state index in [2.05, 4.69) is 11.9 Å². The molecule has 1 aromatic carbocycles. The Bertz CT molecular complexity index is 579. The van der Waals surface area contributed by atoms with Crippen LogP contribution in [0.4, 0.5) is 0 Å². The van der Waals surface area contributed by atoms with Crippen molar-refractivity contribution in [2.45, 2.75) is 24.9 Å². The predicted octanol–water partition coefficient (Wildman–Crippen LogP) is 2.12. The van der Waals surface area contributed by atoms with Crippen molar-refractivity contribution >= 4 is 18.3 Å². The minimum absolute atomic E-state index is 0. The van der Waals surface area contributed by atoms with Crippen LogP contribution in [0.1, 0.15) is 35.2 Å². The minimum atomic E-state index is -0.526. The molecule has 2 aliphatic rings. The molecule has 1 unspecified atom stereocenters. The van der Waals surface area contributed by atoms with E-state index in [0.717, 1.165) is 31.5 Å². The van der Waals surface area contributed by atoms with Gasteiger partial charge in [-0.25, -0.2) is 0 Å². The van der Waals surface area contributed by atoms with Crippen molar-refractivity contribution in [1.82, 2.24) is 4.90 Å². The number of hydrogen-bond acceptors (Lipinski definition) is 4. The molecular weight excluding hydrogens is 316 g/mol. The number of benzene rings is 1. The van der Waals surface area contributed by atoms with Crippen molar-refractivity contribution in [2.24, 2.45) is 17.6 Å². The number of phenolic OH excluding ortho intramolecular Hbond substituents is 1. The van der Waals surface area contributed by atoms with Gasteiger partial charge in [0.05, 0.1) is 0 Å². The Kier molecular flexibility index (Phi) is 5.23. The quantitative estimate of drug-likeness (QED) is 0.883. The van der Waals surface area contributed by atoms with E-state index in [1.54, 1.807) is 19.2 Å². The summed E-state index contributed by atoms with van der Waals surface area (Å²) in [6.07, 6.45) is 3.39. The molecule has 0 spiro atoms. The first kappa shape index (κ1) is 18.0. The largest absolute Gasteiger partial charge is 0.508 e. The molecule has 1 amide bonds. The first-order chi connectivity index (χ1) is 10.5. The molecular formula is C17H25ClN2O3. The third-order valence-electron chi connectivity index (χ3n) is 5.37. The molecule has 23 heavy (non-hydrogen) atoms. The summed E-state index contributed by atoms with van der Waals surface area (Å²) in [7, 11) is 3.88. The zero-order valence-electron chi connectivity index (χ0n) is 13.6. The van der Waals surface area contributed by atoms with Gasteiger partial charge in [0.25, 0.3) is 0 Å². The Morgan fingerprint density at radius 2 is 1.91 bits per heavy atom. The van der Waals surface area contributed by atoms with Crippen LogP contribution in [0, 0.1) is 11.8 Å². The van der Waals surface area contributed by atoms with Crippen molar-refractivity contribution < 1.29 is 14.6 Å². The molecule has 6 heteroatoms. The third kappa shape index (κ3) is 2.93. The third-order valence-corrected chi connectivity index (χ3v) is 5.37. The number of amides is 1. The Morgan fingerprint density at radius 1 is 1.30 bits per heavy atom. The number of fused-ring (bicyclic) bond motifs is 2. The summed E-state index contributed by atoms with van der Waals surface area (Å²) in [6, 6.07) is 4.94. The van der Waals surface area contributed by atoms with Gasteiger partial charge >= 0.3 is 0 Å². The van der Waals surface area contributed by atoms with Gasteiger partial charge in [0.15, 0.2) is 0 Å². The zero-order chi connectivity index (χ0) is 15.9. The lowest BCUT2D eigenvalue weighted by Gasteiger charge is -2.54. The molecule has 1 saturated carbocycles. The average molecular weight is 341 g/mol. The number of primary amides is 1. The number of piperidine rings is 1. The fourth-order valence-electron chi connectivity index (χ4n) is 4.56. The minimum Gasteiger partial charge on any atom is -0.508 e. The van der Waals surface area contributed by atoms with Gasteiger partial charge in [0.1, 0.15) is 11.4 Å². The number of hydrogen-bond donors (Lipinski definition) is 2. The number of carbonyl (C=O) groups is 1. The summed E-state index contributed by atoms with van der Waals surface area (Å²) in [5.74, 6) is 0.260. The smallest absolute Gasteiger partial charge is 0.248 e. The topological polar surface area (TPSA) is 75.8 Å². The van der Waals surface area contributed by atoms with E-state index in [4.69, 9.17) is 10.5 Å². The standard InChI is InChI=1S/C17H24N2O3.ClH/c1-19-9-12-4-3-5-13(10-19)17(12,22-2)14-6-11(16(18)21)7-15(20)8-14;/h6-8,12-13,20H,3-5,9-10H2,1-2H3,(H2,18,21);1H/t12-,13+,17?;. The van der Waals surface area contributed by atoms with Crippen LogP contribution in [0.3, 0.4) is 0 Å². The van der Waals surface area contributed by atoms with Gasteiger partial charge in [-0.2, -0.15) is 0 Å². The molecule has 3 rings (SSSR count). The fraction of sp³-hybridized carbons (Fsp3) is 0.588. The van der Waals surface area contributed by atoms with Crippen LogP contribution in [0.2, 0.25) is 0 Å². The number of nitrogens with two attached hydrogens (primary N) is 1. The monoisotopic (exact) mass is 340 g/mol. The van der Waals surface area contributed by atoms with Gasteiger partial charge in [0, 0.05) is 37.6 Å². The number of likely N-dealkylation sites (tertiary alicyclic amines) is 1. The molecule has 0 aromatic heterocycles. The highest BCUT2D eigenvalue weighted by Gasteiger charge is 2.52. The molecule has 0 radical (unpaired) electrons. The van der Waals surface area contributed by atoms with E-state index in [1.165, 1.54) is 12.5 Å². The average Bonchev–Trinajstić information content (AvgIpc) is 2.45. The number of methoxy groups -OCH3 is 1. The maximum atomic E-state index is 11.5. The number of halogens is 1. The first-order valence-corrected chi connectivity index (χ1v) is 7.85. The number of ether oxygens (including phenoxy) is 1. The fourth-order valence-corrected chi connectivity index (χ4v) is 4.56. The molecule has 1 aliphatic heterocycles. The molecule has 3 N–H and O–H groups in total. The van der Waals surface area contributed by atoms with Gasteiger partial charge in [-0.05, 0) is 43.7 Å². The van der Waals surface area contributed by atoms with Crippen LogP contribution in [-0.2, 0) is 10.3 Å². The van der Waals surface area contributed by atoms with E-state index in [9.17, 15) is 9.90 Å². The Hall–Kier alpha value is -1.30. The molecule has 1 heterocycles. The SMILES string of the molecule is COC1(c2cc(O)cc(C(N)=O)c2)[C@@H]2CCC[C@H]1CN(C)C2.Cl. The maximum Gasteiger partial charge on any atom is 0.248 e. The summed E-state index contributed by atoms with van der Waals surface area (Å²) in [5, 5.41) is 10.0. The van der Waals surface area contributed by atoms with Crippen LogP contribution in [0.5, 0.6) is 5.75 Å². The zero-order valence-corrected chi connectivity index (χ0v) is 14.4. The molecule has 2 fully saturated rings. The highest BCUT2D eigenvalue weighted by atomic mass is 35.5. The molecule has 5 nitrogen and oxygen atoms in total. The predicted molar refractivity (Wildman–Crippen MR) is 90.9 cm³/mol. The normalized spacial score (nSPS) is 30.5. The number of carbonyl (C=O) groups excluding carboxylic acids is 1. The van der Waals surface area contributed by atoms with E-state index < -0.39 is 11.5 Å². The van der Waals surface area contributed by atoms with Gasteiger partial charge < -0.3 is 20.5 Å². The summed E-state index contributed by atoms with van der Waals surface area (Å²) in [6.45, 7) is 1.93. The van der Waals surface area contributed by atoms with Gasteiger partial charge in [-0.3, -0.25) is 4.79 Å². The van der Waals surface area contributed by atoms with Crippen molar-refractivity contribution in [2.75, 3.05) is 27.2 Å². The molecule has 3 atom stereocenters. The number of nitrogens with zero attached hydrogens (tertiary/aromatic N) is 1. The summed E-state index contributed by atoms with van der Waals surface area (Å²) < 4.78 is 6.08. The highest BCUT2D eigenvalue weighted by Crippen LogP contribution is 2.51. The van der Waals surface area contributed by atoms with Gasteiger partial charge in [0.2, 0.25) is 5.91 Å². The van der Waals surface area contributed by atoms with Crippen molar-refractivity contribution in [1.29, 1.82) is 0 Å². The van der Waals surface area contributed by atoms with Crippen LogP contribution in [0.25, 0.3) is 0 Å². The molecule has 1 aromatic rings. The Balaban J connectivity index is 0.00000192. The number of aromatic hydroxyl groups is 1. The van der Waals surface area contributed by atoms with Crippen molar-refractivity contribution in [3.63, 3.8) is 0 Å². The van der Waals surface area contributed by atoms with Crippen LogP contribution in [0.15, 0.2) is 18.2 Å². The van der Waals surface area contributed by atoms with Crippen LogP contribution in [-0.4, -0.2) is 43.2 Å². The van der Waals surface area contributed by atoms with E-state index in [-0.39, 0.29) is 18.2 Å². The van der Waals surface area contributed by atoms with E-state index >= 15 is 0 Å². The molecule has 1 aliphatic carbocycles. The second-order valence-corrected chi connectivity index (χ2v) is 6.68. The summed E-state index contributed by atoms with van der Waals surface area (Å²) in [4.78, 5) is 13.9. The second kappa shape index (κ2) is 6.67. The second-order valence-electron chi connectivity index (χ2n) is 6.68. The highest BCUT2D eigenvalue weighted by molar-refractivity contribution is 5.93. The van der Waals surface area contributed by atoms with E-state index in [1.807, 2.05) is 0 Å².